The molecule has 0 saturated carbocycles. The van der Waals surface area contributed by atoms with Gasteiger partial charge in [-0.15, -0.1) is 23.2 Å². The average Bonchev–Trinajstić information content (AvgIpc) is 2.19. The van der Waals surface area contributed by atoms with E-state index in [0.717, 1.165) is 0 Å². The summed E-state index contributed by atoms with van der Waals surface area (Å²) >= 11 is 25.7. The van der Waals surface area contributed by atoms with Crippen molar-refractivity contribution in [3.63, 3.8) is 0 Å². The maximum absolute atomic E-state index is 5.33. The molecular weight excluding hydrogens is 285 g/mol. The van der Waals surface area contributed by atoms with Crippen LogP contribution in [0.1, 0.15) is 20.8 Å². The van der Waals surface area contributed by atoms with Gasteiger partial charge in [0.25, 0.3) is 0 Å². The molecule has 0 aromatic carbocycles. The molecule has 5 heteroatoms. The smallest absolute Gasteiger partial charge is 0.102 e. The van der Waals surface area contributed by atoms with Gasteiger partial charge >= 0.3 is 0 Å². The van der Waals surface area contributed by atoms with E-state index in [1.807, 2.05) is 13.8 Å². The van der Waals surface area contributed by atoms with Crippen LogP contribution in [0.5, 0.6) is 0 Å². The van der Waals surface area contributed by atoms with Gasteiger partial charge in [-0.3, -0.25) is 0 Å². The van der Waals surface area contributed by atoms with Gasteiger partial charge in [0.2, 0.25) is 0 Å². The fraction of sp³-hybridized carbons (Fsp3) is 0.556. The van der Waals surface area contributed by atoms with Crippen LogP contribution in [0.15, 0.2) is 22.2 Å². The molecule has 0 rings (SSSR count). The summed E-state index contributed by atoms with van der Waals surface area (Å²) in [5, 5.41) is 0.122. The summed E-state index contributed by atoms with van der Waals surface area (Å²) in [5.74, 6) is 0.543. The van der Waals surface area contributed by atoms with E-state index in [-0.39, 0.29) is 5.38 Å². The fourth-order valence-electron chi connectivity index (χ4n) is 0. The molecule has 0 spiro atoms. The van der Waals surface area contributed by atoms with Crippen molar-refractivity contribution in [2.75, 3.05) is 5.88 Å². The first kappa shape index (κ1) is 20.4. The monoisotopic (exact) mass is 298 g/mol. The largest absolute Gasteiger partial charge is 0.125 e. The van der Waals surface area contributed by atoms with Gasteiger partial charge in [-0.05, 0) is 26.3 Å². The number of rotatable bonds is 1. The van der Waals surface area contributed by atoms with Crippen LogP contribution in [0.4, 0.5) is 0 Å². The Morgan fingerprint density at radius 3 is 1.50 bits per heavy atom. The third-order valence-corrected chi connectivity index (χ3v) is 2.02. The van der Waals surface area contributed by atoms with Crippen LogP contribution in [0, 0.1) is 0 Å². The minimum Gasteiger partial charge on any atom is -0.125 e. The molecule has 0 bridgehead atoms. The number of halogens is 5. The van der Waals surface area contributed by atoms with Crippen LogP contribution in [0.2, 0.25) is 0 Å². The highest BCUT2D eigenvalue weighted by molar-refractivity contribution is 6.55. The van der Waals surface area contributed by atoms with E-state index in [4.69, 9.17) is 58.0 Å². The average molecular weight is 300 g/mol. The SMILES string of the molecule is CC(Cl)CCl.CC=C(Cl)Cl.CC=CCl. The molecular formula is C9H15Cl5. The van der Waals surface area contributed by atoms with Crippen molar-refractivity contribution in [3.05, 3.63) is 22.2 Å². The van der Waals surface area contributed by atoms with Gasteiger partial charge in [-0.25, -0.2) is 0 Å². The Kier molecular flexibility index (Phi) is 28.3. The molecule has 0 amide bonds. The lowest BCUT2D eigenvalue weighted by Crippen LogP contribution is -1.87. The van der Waals surface area contributed by atoms with E-state index in [2.05, 4.69) is 0 Å². The molecule has 86 valence electrons. The molecule has 0 aliphatic rings. The first-order valence-electron chi connectivity index (χ1n) is 3.84. The summed E-state index contributed by atoms with van der Waals surface area (Å²) < 4.78 is 0.324. The van der Waals surface area contributed by atoms with Gasteiger partial charge in [0.1, 0.15) is 4.49 Å². The molecule has 0 fully saturated rings. The Balaban J connectivity index is -0.000000131. The molecule has 0 heterocycles. The van der Waals surface area contributed by atoms with E-state index < -0.39 is 0 Å². The van der Waals surface area contributed by atoms with Crippen LogP contribution >= 0.6 is 58.0 Å². The van der Waals surface area contributed by atoms with Gasteiger partial charge < -0.3 is 0 Å². The molecule has 14 heavy (non-hydrogen) atoms. The second-order valence-electron chi connectivity index (χ2n) is 1.97. The summed E-state index contributed by atoms with van der Waals surface area (Å²) in [6, 6.07) is 0. The topological polar surface area (TPSA) is 0 Å². The number of hydrogen-bond acceptors (Lipinski definition) is 0. The molecule has 1 atom stereocenters. The second-order valence-corrected chi connectivity index (χ2v) is 4.29. The minimum atomic E-state index is 0.122. The van der Waals surface area contributed by atoms with Crippen LogP contribution in [0.25, 0.3) is 0 Å². The molecule has 1 unspecified atom stereocenters. The standard InChI is InChI=1S/C3H6Cl2.C3H4Cl2.C3H5Cl/c1-3(5)2-4;1-2-3(4)5;1-2-3-4/h3H,2H2,1H3;2H,1H3;2-3H,1H3. The van der Waals surface area contributed by atoms with Crippen LogP contribution in [0.3, 0.4) is 0 Å². The van der Waals surface area contributed by atoms with Crippen molar-refractivity contribution in [1.29, 1.82) is 0 Å². The normalized spacial score (nSPS) is 10.6. The lowest BCUT2D eigenvalue weighted by Gasteiger charge is -1.85. The molecule has 0 aliphatic heterocycles. The summed E-state index contributed by atoms with van der Waals surface area (Å²) in [6.45, 7) is 5.50. The van der Waals surface area contributed by atoms with E-state index >= 15 is 0 Å². The lowest BCUT2D eigenvalue weighted by atomic mass is 10.6. The highest BCUT2D eigenvalue weighted by Crippen LogP contribution is 2.03. The van der Waals surface area contributed by atoms with Crippen molar-refractivity contribution in [3.8, 4) is 0 Å². The fourth-order valence-corrected chi connectivity index (χ4v) is 0. The van der Waals surface area contributed by atoms with E-state index in [1.54, 1.807) is 19.1 Å². The molecule has 0 aliphatic carbocycles. The van der Waals surface area contributed by atoms with Gasteiger partial charge in [0, 0.05) is 11.3 Å². The third kappa shape index (κ3) is 52.3. The number of allylic oxidation sites excluding steroid dienone is 2. The van der Waals surface area contributed by atoms with Crippen molar-refractivity contribution in [1.82, 2.24) is 0 Å². The first-order valence-corrected chi connectivity index (χ1v) is 6.01. The van der Waals surface area contributed by atoms with Crippen LogP contribution in [-0.4, -0.2) is 11.3 Å². The molecule has 0 aromatic rings. The minimum absolute atomic E-state index is 0.122. The van der Waals surface area contributed by atoms with Crippen molar-refractivity contribution in [2.24, 2.45) is 0 Å². The Bertz CT molecular complexity index is 132. The van der Waals surface area contributed by atoms with E-state index in [1.165, 1.54) is 5.54 Å². The zero-order valence-corrected chi connectivity index (χ0v) is 12.2. The molecule has 0 nitrogen and oxygen atoms in total. The van der Waals surface area contributed by atoms with Crippen molar-refractivity contribution >= 4 is 58.0 Å². The summed E-state index contributed by atoms with van der Waals surface area (Å²) in [6.07, 6.45) is 3.38. The summed E-state index contributed by atoms with van der Waals surface area (Å²) in [4.78, 5) is 0. The predicted octanol–water partition coefficient (Wildman–Crippen LogP) is 5.94. The third-order valence-electron chi connectivity index (χ3n) is 0.557. The zero-order chi connectivity index (χ0) is 12.0. The van der Waals surface area contributed by atoms with Crippen molar-refractivity contribution < 1.29 is 0 Å². The summed E-state index contributed by atoms with van der Waals surface area (Å²) in [7, 11) is 0. The molecule has 0 aromatic heterocycles. The lowest BCUT2D eigenvalue weighted by molar-refractivity contribution is 1.11. The number of hydrogen-bond donors (Lipinski definition) is 0. The Morgan fingerprint density at radius 2 is 1.50 bits per heavy atom. The Hall–Kier alpha value is 0.930. The number of alkyl halides is 2. The Labute approximate surface area is 112 Å². The molecule has 0 radical (unpaired) electrons. The van der Waals surface area contributed by atoms with E-state index in [0.29, 0.717) is 10.4 Å². The highest BCUT2D eigenvalue weighted by atomic mass is 35.5. The van der Waals surface area contributed by atoms with Gasteiger partial charge in [-0.2, -0.15) is 0 Å². The van der Waals surface area contributed by atoms with Gasteiger partial charge in [-0.1, -0.05) is 47.0 Å². The highest BCUT2D eigenvalue weighted by Gasteiger charge is 1.85. The quantitative estimate of drug-likeness (QED) is 0.526. The summed E-state index contributed by atoms with van der Waals surface area (Å²) in [5.41, 5.74) is 1.47. The van der Waals surface area contributed by atoms with Crippen LogP contribution in [-0.2, 0) is 0 Å². The molecule has 0 N–H and O–H groups in total. The van der Waals surface area contributed by atoms with Gasteiger partial charge in [0.05, 0.1) is 0 Å². The maximum Gasteiger partial charge on any atom is 0.102 e. The molecule has 0 saturated heterocycles. The predicted molar refractivity (Wildman–Crippen MR) is 72.2 cm³/mol. The maximum atomic E-state index is 5.33. The van der Waals surface area contributed by atoms with E-state index in [9.17, 15) is 0 Å². The zero-order valence-electron chi connectivity index (χ0n) is 8.41. The Morgan fingerprint density at radius 1 is 1.29 bits per heavy atom. The van der Waals surface area contributed by atoms with Crippen LogP contribution < -0.4 is 0 Å². The second kappa shape index (κ2) is 19.5. The first-order chi connectivity index (χ1) is 6.45. The van der Waals surface area contributed by atoms with Crippen molar-refractivity contribution in [2.45, 2.75) is 26.1 Å². The van der Waals surface area contributed by atoms with Gasteiger partial charge in [0.15, 0.2) is 0 Å².